The van der Waals surface area contributed by atoms with Crippen molar-refractivity contribution in [2.45, 2.75) is 6.61 Å². The van der Waals surface area contributed by atoms with Crippen LogP contribution in [0.25, 0.3) is 11.8 Å². The van der Waals surface area contributed by atoms with Gasteiger partial charge in [0.1, 0.15) is 23.9 Å². The van der Waals surface area contributed by atoms with E-state index in [-0.39, 0.29) is 5.97 Å². The minimum Gasteiger partial charge on any atom is -0.497 e. The van der Waals surface area contributed by atoms with Crippen LogP contribution in [0.5, 0.6) is 11.5 Å². The number of cyclic esters (lactones) is 1. The highest BCUT2D eigenvalue weighted by Crippen LogP contribution is 2.29. The second-order valence-electron chi connectivity index (χ2n) is 6.68. The fourth-order valence-corrected chi connectivity index (χ4v) is 3.19. The van der Waals surface area contributed by atoms with Crippen molar-refractivity contribution in [1.29, 1.82) is 0 Å². The molecule has 0 bridgehead atoms. The van der Waals surface area contributed by atoms with Crippen molar-refractivity contribution >= 4 is 29.4 Å². The molecule has 0 radical (unpaired) electrons. The van der Waals surface area contributed by atoms with Crippen LogP contribution in [0.15, 0.2) is 84.4 Å². The predicted octanol–water partition coefficient (Wildman–Crippen LogP) is 5.91. The number of carbonyl (C=O) groups is 1. The molecular weight excluding hydrogens is 400 g/mol. The Hall–Kier alpha value is -3.50. The van der Waals surface area contributed by atoms with Gasteiger partial charge >= 0.3 is 5.97 Å². The summed E-state index contributed by atoms with van der Waals surface area (Å²) in [7, 11) is 1.61. The maximum Gasteiger partial charge on any atom is 0.343 e. The first-order valence-electron chi connectivity index (χ1n) is 9.38. The molecule has 0 aromatic heterocycles. The van der Waals surface area contributed by atoms with Gasteiger partial charge in [-0.15, -0.1) is 0 Å². The molecule has 0 N–H and O–H groups in total. The Balaban J connectivity index is 1.45. The lowest BCUT2D eigenvalue weighted by atomic mass is 10.1. The number of hydrogen-bond acceptors (Lipinski definition) is 4. The van der Waals surface area contributed by atoms with Gasteiger partial charge in [0.05, 0.1) is 12.7 Å². The average molecular weight is 419 g/mol. The number of esters is 1. The minimum absolute atomic E-state index is 0.375. The van der Waals surface area contributed by atoms with Crippen LogP contribution in [0.1, 0.15) is 16.7 Å². The molecule has 30 heavy (non-hydrogen) atoms. The van der Waals surface area contributed by atoms with Crippen molar-refractivity contribution in [3.8, 4) is 11.5 Å². The van der Waals surface area contributed by atoms with Crippen molar-refractivity contribution in [3.05, 3.63) is 106 Å². The molecule has 0 saturated heterocycles. The van der Waals surface area contributed by atoms with E-state index in [2.05, 4.69) is 0 Å². The molecule has 0 saturated carbocycles. The molecule has 1 aliphatic heterocycles. The lowest BCUT2D eigenvalue weighted by Gasteiger charge is -2.08. The second-order valence-corrected chi connectivity index (χ2v) is 7.08. The number of carbonyl (C=O) groups excluding carboxylic acids is 1. The Kier molecular flexibility index (Phi) is 5.87. The van der Waals surface area contributed by atoms with Gasteiger partial charge in [-0.3, -0.25) is 0 Å². The predicted molar refractivity (Wildman–Crippen MR) is 117 cm³/mol. The van der Waals surface area contributed by atoms with Crippen molar-refractivity contribution in [2.75, 3.05) is 7.11 Å². The molecule has 1 heterocycles. The third kappa shape index (κ3) is 4.56. The number of halogens is 1. The third-order valence-electron chi connectivity index (χ3n) is 4.65. The normalized spacial score (nSPS) is 14.4. The van der Waals surface area contributed by atoms with Gasteiger partial charge in [0.15, 0.2) is 0 Å². The maximum atomic E-state index is 12.2. The largest absolute Gasteiger partial charge is 0.497 e. The van der Waals surface area contributed by atoms with Gasteiger partial charge in [-0.25, -0.2) is 4.79 Å². The Labute approximate surface area is 180 Å². The van der Waals surface area contributed by atoms with E-state index in [1.54, 1.807) is 19.3 Å². The van der Waals surface area contributed by atoms with Crippen LogP contribution in [0.2, 0.25) is 5.02 Å². The molecular formula is C25H19ClO4. The number of ether oxygens (including phenoxy) is 3. The highest BCUT2D eigenvalue weighted by molar-refractivity contribution is 6.31. The molecule has 0 amide bonds. The molecule has 4 rings (SSSR count). The summed E-state index contributed by atoms with van der Waals surface area (Å²) < 4.78 is 16.4. The van der Waals surface area contributed by atoms with E-state index < -0.39 is 0 Å². The van der Waals surface area contributed by atoms with Gasteiger partial charge in [0, 0.05) is 16.1 Å². The second kappa shape index (κ2) is 8.89. The monoisotopic (exact) mass is 418 g/mol. The zero-order valence-corrected chi connectivity index (χ0v) is 17.1. The summed E-state index contributed by atoms with van der Waals surface area (Å²) in [6.07, 6.45) is 3.53. The molecule has 3 aromatic rings. The Bertz CT molecular complexity index is 1110. The van der Waals surface area contributed by atoms with Gasteiger partial charge in [0.2, 0.25) is 0 Å². The molecule has 1 aliphatic rings. The summed E-state index contributed by atoms with van der Waals surface area (Å²) in [6.45, 7) is 0.389. The van der Waals surface area contributed by atoms with E-state index in [4.69, 9.17) is 25.8 Å². The quantitative estimate of drug-likeness (QED) is 0.369. The zero-order chi connectivity index (χ0) is 20.9. The van der Waals surface area contributed by atoms with Crippen molar-refractivity contribution in [1.82, 2.24) is 0 Å². The van der Waals surface area contributed by atoms with Crippen LogP contribution in [-0.4, -0.2) is 13.1 Å². The van der Waals surface area contributed by atoms with Crippen molar-refractivity contribution in [3.63, 3.8) is 0 Å². The van der Waals surface area contributed by atoms with Gasteiger partial charge < -0.3 is 14.2 Å². The number of methoxy groups -OCH3 is 1. The molecule has 0 unspecified atom stereocenters. The lowest BCUT2D eigenvalue weighted by Crippen LogP contribution is -1.97. The van der Waals surface area contributed by atoms with Crippen LogP contribution in [0.3, 0.4) is 0 Å². The minimum atomic E-state index is -0.375. The average Bonchev–Trinajstić information content (AvgIpc) is 3.14. The highest BCUT2D eigenvalue weighted by atomic mass is 35.5. The standard InChI is InChI=1S/C25H19ClO4/c1-28-21-12-8-18(9-13-21)24-15-20(25(27)30-24)14-17-6-10-22(11-7-17)29-16-19-4-2-3-5-23(19)26/h2-15H,16H2,1H3/b20-14+. The van der Waals surface area contributed by atoms with Crippen LogP contribution >= 0.6 is 11.6 Å². The topological polar surface area (TPSA) is 44.8 Å². The number of benzene rings is 3. The van der Waals surface area contributed by atoms with E-state index in [9.17, 15) is 4.79 Å². The van der Waals surface area contributed by atoms with Gasteiger partial charge in [-0.2, -0.15) is 0 Å². The molecule has 150 valence electrons. The smallest absolute Gasteiger partial charge is 0.343 e. The summed E-state index contributed by atoms with van der Waals surface area (Å²) in [5.41, 5.74) is 3.11. The number of hydrogen-bond donors (Lipinski definition) is 0. The number of rotatable bonds is 6. The van der Waals surface area contributed by atoms with Crippen molar-refractivity contribution in [2.24, 2.45) is 0 Å². The van der Waals surface area contributed by atoms with Crippen LogP contribution in [0.4, 0.5) is 0 Å². The first-order chi connectivity index (χ1) is 14.6. The van der Waals surface area contributed by atoms with Gasteiger partial charge in [-0.1, -0.05) is 41.9 Å². The summed E-state index contributed by atoms with van der Waals surface area (Å²) in [4.78, 5) is 12.2. The Morgan fingerprint density at radius 1 is 0.933 bits per heavy atom. The summed E-state index contributed by atoms with van der Waals surface area (Å²) >= 11 is 6.15. The molecule has 0 spiro atoms. The molecule has 5 heteroatoms. The van der Waals surface area contributed by atoms with E-state index in [0.29, 0.717) is 23.0 Å². The molecule has 0 fully saturated rings. The Morgan fingerprint density at radius 3 is 2.33 bits per heavy atom. The summed E-state index contributed by atoms with van der Waals surface area (Å²) in [5, 5.41) is 0.679. The molecule has 0 aliphatic carbocycles. The van der Waals surface area contributed by atoms with E-state index >= 15 is 0 Å². The SMILES string of the molecule is COc1ccc(C2=C/C(=C\c3ccc(OCc4ccccc4Cl)cc3)C(=O)O2)cc1. The van der Waals surface area contributed by atoms with Crippen LogP contribution in [-0.2, 0) is 16.1 Å². The molecule has 4 nitrogen and oxygen atoms in total. The first-order valence-corrected chi connectivity index (χ1v) is 9.76. The van der Waals surface area contributed by atoms with Gasteiger partial charge in [0.25, 0.3) is 0 Å². The Morgan fingerprint density at radius 2 is 1.63 bits per heavy atom. The fourth-order valence-electron chi connectivity index (χ4n) is 3.00. The van der Waals surface area contributed by atoms with Crippen LogP contribution < -0.4 is 9.47 Å². The lowest BCUT2D eigenvalue weighted by molar-refractivity contribution is -0.130. The summed E-state index contributed by atoms with van der Waals surface area (Å²) in [6, 6.07) is 22.4. The van der Waals surface area contributed by atoms with Crippen molar-refractivity contribution < 1.29 is 19.0 Å². The van der Waals surface area contributed by atoms with E-state index in [1.807, 2.05) is 72.8 Å². The summed E-state index contributed by atoms with van der Waals surface area (Å²) in [5.74, 6) is 1.62. The zero-order valence-electron chi connectivity index (χ0n) is 16.3. The van der Waals surface area contributed by atoms with Crippen LogP contribution in [0, 0.1) is 0 Å². The fraction of sp³-hybridized carbons (Fsp3) is 0.0800. The maximum absolute atomic E-state index is 12.2. The van der Waals surface area contributed by atoms with E-state index in [0.717, 1.165) is 28.2 Å². The van der Waals surface area contributed by atoms with E-state index in [1.165, 1.54) is 0 Å². The molecule has 0 atom stereocenters. The molecule has 3 aromatic carbocycles. The van der Waals surface area contributed by atoms with Gasteiger partial charge in [-0.05, 0) is 60.2 Å². The highest BCUT2D eigenvalue weighted by Gasteiger charge is 2.22. The third-order valence-corrected chi connectivity index (χ3v) is 5.02. The first kappa shape index (κ1) is 19.8.